The summed E-state index contributed by atoms with van der Waals surface area (Å²) in [7, 11) is 0. The van der Waals surface area contributed by atoms with E-state index in [0.29, 0.717) is 5.69 Å². The number of carbonyl (C=O) groups is 1. The minimum absolute atomic E-state index is 0.289. The van der Waals surface area contributed by atoms with E-state index in [1.54, 1.807) is 11.6 Å². The molecule has 3 aromatic carbocycles. The lowest BCUT2D eigenvalue weighted by Crippen LogP contribution is -2.13. The van der Waals surface area contributed by atoms with E-state index in [9.17, 15) is 4.79 Å². The Morgan fingerprint density at radius 2 is 1.55 bits per heavy atom. The molecule has 1 heterocycles. The van der Waals surface area contributed by atoms with Crippen molar-refractivity contribution in [3.05, 3.63) is 95.1 Å². The summed E-state index contributed by atoms with van der Waals surface area (Å²) in [4.78, 5) is 13.1. The molecule has 29 heavy (non-hydrogen) atoms. The highest BCUT2D eigenvalue weighted by molar-refractivity contribution is 9.10. The van der Waals surface area contributed by atoms with Crippen molar-refractivity contribution >= 4 is 21.9 Å². The molecule has 0 bridgehead atoms. The van der Waals surface area contributed by atoms with Crippen molar-refractivity contribution in [2.24, 2.45) is 0 Å². The average molecular weight is 447 g/mol. The Labute approximate surface area is 177 Å². The van der Waals surface area contributed by atoms with Gasteiger partial charge in [-0.05, 0) is 30.7 Å². The van der Waals surface area contributed by atoms with Crippen molar-refractivity contribution in [2.45, 2.75) is 6.92 Å². The first-order chi connectivity index (χ1) is 14.2. The van der Waals surface area contributed by atoms with Gasteiger partial charge in [0.05, 0.1) is 12.3 Å². The molecular weight excluding hydrogens is 428 g/mol. The second kappa shape index (κ2) is 8.45. The van der Waals surface area contributed by atoms with Crippen LogP contribution in [0.2, 0.25) is 0 Å². The van der Waals surface area contributed by atoms with Crippen LogP contribution in [0, 0.1) is 0 Å². The van der Waals surface area contributed by atoms with Crippen LogP contribution in [-0.4, -0.2) is 22.4 Å². The lowest BCUT2D eigenvalue weighted by molar-refractivity contribution is 0.0516. The third-order valence-electron chi connectivity index (χ3n) is 4.55. The fraction of sp³-hybridized carbons (Fsp3) is 0.0833. The van der Waals surface area contributed by atoms with Gasteiger partial charge in [0, 0.05) is 15.6 Å². The van der Waals surface area contributed by atoms with Crippen LogP contribution in [0.5, 0.6) is 0 Å². The van der Waals surface area contributed by atoms with E-state index < -0.39 is 5.97 Å². The molecular formula is C24H19BrN2O2. The Hall–Kier alpha value is -3.18. The number of para-hydroxylation sites is 1. The molecule has 0 fully saturated rings. The van der Waals surface area contributed by atoms with Gasteiger partial charge in [-0.25, -0.2) is 9.48 Å². The topological polar surface area (TPSA) is 44.1 Å². The van der Waals surface area contributed by atoms with Gasteiger partial charge in [0.25, 0.3) is 0 Å². The zero-order valence-electron chi connectivity index (χ0n) is 15.9. The van der Waals surface area contributed by atoms with E-state index in [1.165, 1.54) is 0 Å². The van der Waals surface area contributed by atoms with Gasteiger partial charge in [-0.1, -0.05) is 82.7 Å². The number of hydrogen-bond donors (Lipinski definition) is 0. The summed E-state index contributed by atoms with van der Waals surface area (Å²) < 4.78 is 8.00. The Bertz CT molecular complexity index is 1140. The molecule has 4 aromatic rings. The normalized spacial score (nSPS) is 10.7. The molecule has 0 aliphatic heterocycles. The molecule has 5 heteroatoms. The van der Waals surface area contributed by atoms with E-state index in [2.05, 4.69) is 15.9 Å². The summed E-state index contributed by atoms with van der Waals surface area (Å²) in [6.45, 7) is 2.09. The van der Waals surface area contributed by atoms with Crippen LogP contribution in [0.1, 0.15) is 17.4 Å². The Kier molecular flexibility index (Phi) is 5.58. The van der Waals surface area contributed by atoms with Crippen molar-refractivity contribution in [1.82, 2.24) is 9.78 Å². The molecule has 0 unspecified atom stereocenters. The van der Waals surface area contributed by atoms with Crippen LogP contribution in [0.25, 0.3) is 28.1 Å². The molecule has 4 rings (SSSR count). The van der Waals surface area contributed by atoms with E-state index in [1.807, 2.05) is 84.9 Å². The largest absolute Gasteiger partial charge is 0.461 e. The summed E-state index contributed by atoms with van der Waals surface area (Å²) >= 11 is 3.63. The van der Waals surface area contributed by atoms with Crippen LogP contribution in [0.4, 0.5) is 0 Å². The molecule has 0 spiro atoms. The molecule has 0 saturated heterocycles. The molecule has 1 aromatic heterocycles. The zero-order chi connectivity index (χ0) is 20.2. The van der Waals surface area contributed by atoms with Gasteiger partial charge >= 0.3 is 5.97 Å². The highest BCUT2D eigenvalue weighted by Gasteiger charge is 2.28. The summed E-state index contributed by atoms with van der Waals surface area (Å²) in [5.74, 6) is -0.402. The third kappa shape index (κ3) is 3.74. The fourth-order valence-corrected chi connectivity index (χ4v) is 3.75. The highest BCUT2D eigenvalue weighted by Crippen LogP contribution is 2.39. The van der Waals surface area contributed by atoms with E-state index in [4.69, 9.17) is 9.84 Å². The molecule has 0 atom stereocenters. The lowest BCUT2D eigenvalue weighted by Gasteiger charge is -2.09. The molecule has 0 N–H and O–H groups in total. The van der Waals surface area contributed by atoms with Gasteiger partial charge in [-0.2, -0.15) is 5.10 Å². The molecule has 0 aliphatic carbocycles. The van der Waals surface area contributed by atoms with Crippen LogP contribution >= 0.6 is 15.9 Å². The van der Waals surface area contributed by atoms with Crippen LogP contribution < -0.4 is 0 Å². The summed E-state index contributed by atoms with van der Waals surface area (Å²) in [5, 5.41) is 4.88. The van der Waals surface area contributed by atoms with E-state index in [0.717, 1.165) is 32.5 Å². The van der Waals surface area contributed by atoms with Crippen molar-refractivity contribution in [3.63, 3.8) is 0 Å². The van der Waals surface area contributed by atoms with E-state index >= 15 is 0 Å². The Balaban J connectivity index is 2.08. The highest BCUT2D eigenvalue weighted by atomic mass is 79.9. The van der Waals surface area contributed by atoms with Crippen molar-refractivity contribution in [3.8, 4) is 28.1 Å². The number of ether oxygens (including phenoxy) is 1. The van der Waals surface area contributed by atoms with Crippen molar-refractivity contribution in [2.75, 3.05) is 6.61 Å². The lowest BCUT2D eigenvalue weighted by atomic mass is 9.99. The number of halogens is 1. The van der Waals surface area contributed by atoms with Gasteiger partial charge in [0.2, 0.25) is 0 Å². The standard InChI is InChI=1S/C24H19BrN2O2/c1-2-29-24(28)23-21(17-11-5-3-6-12-17)22(19-15-9-10-16-20(19)25)26-27(23)18-13-7-4-8-14-18/h3-16H,2H2,1H3. The number of carbonyl (C=O) groups excluding carboxylic acids is 1. The van der Waals surface area contributed by atoms with Crippen LogP contribution in [0.3, 0.4) is 0 Å². The van der Waals surface area contributed by atoms with Gasteiger partial charge < -0.3 is 4.74 Å². The maximum Gasteiger partial charge on any atom is 0.357 e. The average Bonchev–Trinajstić information content (AvgIpc) is 3.16. The van der Waals surface area contributed by atoms with E-state index in [-0.39, 0.29) is 6.61 Å². The third-order valence-corrected chi connectivity index (χ3v) is 5.24. The predicted octanol–water partition coefficient (Wildman–Crippen LogP) is 6.15. The summed E-state index contributed by atoms with van der Waals surface area (Å²) in [6, 6.07) is 27.3. The summed E-state index contributed by atoms with van der Waals surface area (Å²) in [6.07, 6.45) is 0. The maximum atomic E-state index is 13.1. The monoisotopic (exact) mass is 446 g/mol. The molecule has 0 radical (unpaired) electrons. The van der Waals surface area contributed by atoms with Crippen LogP contribution in [0.15, 0.2) is 89.4 Å². The first-order valence-corrected chi connectivity index (χ1v) is 10.2. The molecule has 144 valence electrons. The number of nitrogens with zero attached hydrogens (tertiary/aromatic N) is 2. The minimum Gasteiger partial charge on any atom is -0.461 e. The molecule has 0 saturated carbocycles. The zero-order valence-corrected chi connectivity index (χ0v) is 17.5. The Morgan fingerprint density at radius 1 is 0.931 bits per heavy atom. The quantitative estimate of drug-likeness (QED) is 0.345. The predicted molar refractivity (Wildman–Crippen MR) is 118 cm³/mol. The number of benzene rings is 3. The van der Waals surface area contributed by atoms with Crippen molar-refractivity contribution in [1.29, 1.82) is 0 Å². The number of aromatic nitrogens is 2. The number of hydrogen-bond acceptors (Lipinski definition) is 3. The van der Waals surface area contributed by atoms with Gasteiger partial charge in [0.1, 0.15) is 5.69 Å². The van der Waals surface area contributed by atoms with Gasteiger partial charge in [0.15, 0.2) is 5.69 Å². The maximum absolute atomic E-state index is 13.1. The minimum atomic E-state index is -0.402. The van der Waals surface area contributed by atoms with Crippen molar-refractivity contribution < 1.29 is 9.53 Å². The number of esters is 1. The summed E-state index contributed by atoms with van der Waals surface area (Å²) in [5.41, 5.74) is 4.49. The first kappa shape index (κ1) is 19.2. The molecule has 0 amide bonds. The van der Waals surface area contributed by atoms with Gasteiger partial charge in [-0.15, -0.1) is 0 Å². The van der Waals surface area contributed by atoms with Crippen LogP contribution in [-0.2, 0) is 4.74 Å². The fourth-order valence-electron chi connectivity index (χ4n) is 3.28. The molecule has 4 nitrogen and oxygen atoms in total. The number of rotatable bonds is 5. The smallest absolute Gasteiger partial charge is 0.357 e. The van der Waals surface area contributed by atoms with Gasteiger partial charge in [-0.3, -0.25) is 0 Å². The second-order valence-corrected chi connectivity index (χ2v) is 7.24. The molecule has 0 aliphatic rings. The first-order valence-electron chi connectivity index (χ1n) is 9.36. The Morgan fingerprint density at radius 3 is 2.21 bits per heavy atom. The second-order valence-electron chi connectivity index (χ2n) is 6.39. The SMILES string of the molecule is CCOC(=O)c1c(-c2ccccc2)c(-c2ccccc2Br)nn1-c1ccccc1.